The number of nitrogens with zero attached hydrogens (tertiary/aromatic N) is 1. The van der Waals surface area contributed by atoms with Crippen LogP contribution < -0.4 is 10.5 Å². The minimum absolute atomic E-state index is 0.202. The van der Waals surface area contributed by atoms with Crippen LogP contribution in [0.1, 0.15) is 37.6 Å². The molecule has 3 heterocycles. The van der Waals surface area contributed by atoms with Crippen molar-refractivity contribution in [3.05, 3.63) is 73.1 Å². The topological polar surface area (TPSA) is 98.9 Å². The number of rotatable bonds is 8. The standard InChI is InChI=1S/C25H25ClN2O5S2/c1-13-9-10-34-24(13)21-20(23(30)16-7-8-17(26)35-16)19(14-5-4-6-15(11-14)33-3)22(25(27)31)28(21)18(29)12-32-2/h4-11,19-22H,12H2,1-3H3,(H2,27,31). The Morgan fingerprint density at radius 3 is 2.49 bits per heavy atom. The molecule has 4 rings (SSSR count). The van der Waals surface area contributed by atoms with Crippen LogP contribution in [0.4, 0.5) is 0 Å². The molecule has 1 aliphatic heterocycles. The number of halogens is 1. The second-order valence-electron chi connectivity index (χ2n) is 8.29. The number of likely N-dealkylation sites (tertiary alicyclic amines) is 1. The Labute approximate surface area is 216 Å². The Bertz CT molecular complexity index is 1260. The second kappa shape index (κ2) is 10.5. The lowest BCUT2D eigenvalue weighted by atomic mass is 9.78. The van der Waals surface area contributed by atoms with Crippen LogP contribution >= 0.6 is 34.3 Å². The molecule has 0 radical (unpaired) electrons. The number of thiophene rings is 2. The molecular weight excluding hydrogens is 508 g/mol. The van der Waals surface area contributed by atoms with Gasteiger partial charge in [-0.05, 0) is 53.8 Å². The normalized spacial score (nSPS) is 21.8. The number of ketones is 1. The van der Waals surface area contributed by atoms with E-state index >= 15 is 0 Å². The van der Waals surface area contributed by atoms with Crippen molar-refractivity contribution in [3.63, 3.8) is 0 Å². The van der Waals surface area contributed by atoms with Gasteiger partial charge in [0, 0.05) is 17.9 Å². The SMILES string of the molecule is COCC(=O)N1C(C(N)=O)C(c2cccc(OC)c2)C(C(=O)c2ccc(Cl)s2)C1c1sccc1C. The Morgan fingerprint density at radius 1 is 1.14 bits per heavy atom. The van der Waals surface area contributed by atoms with E-state index in [-0.39, 0.29) is 12.4 Å². The maximum Gasteiger partial charge on any atom is 0.249 e. The monoisotopic (exact) mass is 532 g/mol. The van der Waals surface area contributed by atoms with Gasteiger partial charge in [0.25, 0.3) is 0 Å². The van der Waals surface area contributed by atoms with Gasteiger partial charge in [-0.2, -0.15) is 0 Å². The molecule has 3 aromatic rings. The summed E-state index contributed by atoms with van der Waals surface area (Å²) in [6.45, 7) is 1.67. The maximum absolute atomic E-state index is 14.1. The summed E-state index contributed by atoms with van der Waals surface area (Å²) in [5.74, 6) is -2.23. The van der Waals surface area contributed by atoms with Crippen molar-refractivity contribution in [2.45, 2.75) is 24.9 Å². The average Bonchev–Trinajstić information content (AvgIpc) is 3.55. The number of benzene rings is 1. The van der Waals surface area contributed by atoms with Gasteiger partial charge in [0.1, 0.15) is 18.4 Å². The Hall–Kier alpha value is -2.72. The van der Waals surface area contributed by atoms with Crippen LogP contribution in [0.15, 0.2) is 47.8 Å². The minimum atomic E-state index is -1.07. The molecular formula is C25H25ClN2O5S2. The molecule has 4 atom stereocenters. The fourth-order valence-corrected chi connectivity index (χ4v) is 6.97. The van der Waals surface area contributed by atoms with Crippen LogP contribution in [0.25, 0.3) is 0 Å². The number of methoxy groups -OCH3 is 2. The Kier molecular flexibility index (Phi) is 7.61. The highest BCUT2D eigenvalue weighted by Crippen LogP contribution is 2.53. The average molecular weight is 533 g/mol. The van der Waals surface area contributed by atoms with Gasteiger partial charge in [-0.3, -0.25) is 14.4 Å². The minimum Gasteiger partial charge on any atom is -0.497 e. The van der Waals surface area contributed by atoms with Crippen molar-refractivity contribution in [3.8, 4) is 5.75 Å². The third-order valence-electron chi connectivity index (χ3n) is 6.28. The molecule has 0 spiro atoms. The van der Waals surface area contributed by atoms with Crippen LogP contribution in [0.2, 0.25) is 4.34 Å². The van der Waals surface area contributed by atoms with Gasteiger partial charge < -0.3 is 20.1 Å². The number of carbonyl (C=O) groups is 3. The van der Waals surface area contributed by atoms with E-state index in [0.29, 0.717) is 20.5 Å². The molecule has 1 saturated heterocycles. The van der Waals surface area contributed by atoms with Crippen molar-refractivity contribution < 1.29 is 23.9 Å². The number of hydrogen-bond donors (Lipinski definition) is 1. The molecule has 10 heteroatoms. The van der Waals surface area contributed by atoms with Crippen molar-refractivity contribution in [2.24, 2.45) is 11.7 Å². The predicted octanol–water partition coefficient (Wildman–Crippen LogP) is 4.45. The summed E-state index contributed by atoms with van der Waals surface area (Å²) in [7, 11) is 2.95. The summed E-state index contributed by atoms with van der Waals surface area (Å²) in [5, 5.41) is 1.91. The number of aryl methyl sites for hydroxylation is 1. The molecule has 0 aliphatic carbocycles. The third kappa shape index (κ3) is 4.73. The fraction of sp³-hybridized carbons (Fsp3) is 0.320. The number of amides is 2. The van der Waals surface area contributed by atoms with Gasteiger partial charge in [-0.1, -0.05) is 23.7 Å². The molecule has 7 nitrogen and oxygen atoms in total. The van der Waals surface area contributed by atoms with Crippen LogP contribution in [-0.4, -0.2) is 49.4 Å². The number of nitrogens with two attached hydrogens (primary N) is 1. The first-order valence-electron chi connectivity index (χ1n) is 10.8. The van der Waals surface area contributed by atoms with E-state index < -0.39 is 35.7 Å². The van der Waals surface area contributed by atoms with E-state index in [1.807, 2.05) is 24.4 Å². The lowest BCUT2D eigenvalue weighted by Crippen LogP contribution is -2.47. The summed E-state index contributed by atoms with van der Waals surface area (Å²) >= 11 is 8.77. The van der Waals surface area contributed by atoms with E-state index in [2.05, 4.69) is 0 Å². The first kappa shape index (κ1) is 25.4. The summed E-state index contributed by atoms with van der Waals surface area (Å²) in [6.07, 6.45) is 0. The smallest absolute Gasteiger partial charge is 0.249 e. The van der Waals surface area contributed by atoms with Gasteiger partial charge in [-0.25, -0.2) is 0 Å². The van der Waals surface area contributed by atoms with E-state index in [1.165, 1.54) is 34.7 Å². The highest BCUT2D eigenvalue weighted by Gasteiger charge is 2.57. The molecule has 1 aromatic carbocycles. The molecule has 0 bridgehead atoms. The van der Waals surface area contributed by atoms with Crippen molar-refractivity contribution in [1.29, 1.82) is 0 Å². The predicted molar refractivity (Wildman–Crippen MR) is 136 cm³/mol. The highest BCUT2D eigenvalue weighted by molar-refractivity contribution is 7.18. The summed E-state index contributed by atoms with van der Waals surface area (Å²) in [4.78, 5) is 43.3. The van der Waals surface area contributed by atoms with E-state index in [0.717, 1.165) is 10.4 Å². The molecule has 1 aliphatic rings. The molecule has 1 fully saturated rings. The molecule has 4 unspecified atom stereocenters. The van der Waals surface area contributed by atoms with Gasteiger partial charge in [-0.15, -0.1) is 22.7 Å². The number of hydrogen-bond acceptors (Lipinski definition) is 7. The zero-order valence-electron chi connectivity index (χ0n) is 19.4. The highest BCUT2D eigenvalue weighted by atomic mass is 35.5. The summed E-state index contributed by atoms with van der Waals surface area (Å²) < 4.78 is 11.0. The van der Waals surface area contributed by atoms with Crippen LogP contribution in [0.3, 0.4) is 0 Å². The first-order chi connectivity index (χ1) is 16.8. The Morgan fingerprint density at radius 2 is 1.91 bits per heavy atom. The van der Waals surface area contributed by atoms with E-state index in [1.54, 1.807) is 37.4 Å². The number of ether oxygens (including phenoxy) is 2. The molecule has 2 N–H and O–H groups in total. The van der Waals surface area contributed by atoms with E-state index in [9.17, 15) is 14.4 Å². The van der Waals surface area contributed by atoms with Crippen molar-refractivity contribution in [2.75, 3.05) is 20.8 Å². The number of primary amides is 1. The van der Waals surface area contributed by atoms with Crippen molar-refractivity contribution >= 4 is 51.9 Å². The molecule has 184 valence electrons. The van der Waals surface area contributed by atoms with Gasteiger partial charge in [0.2, 0.25) is 11.8 Å². The zero-order valence-corrected chi connectivity index (χ0v) is 21.8. The Balaban J connectivity index is 1.99. The second-order valence-corrected chi connectivity index (χ2v) is 11.0. The first-order valence-corrected chi connectivity index (χ1v) is 12.9. The van der Waals surface area contributed by atoms with Gasteiger partial charge in [0.05, 0.1) is 28.3 Å². The van der Waals surface area contributed by atoms with Crippen LogP contribution in [-0.2, 0) is 14.3 Å². The fourth-order valence-electron chi connectivity index (χ4n) is 4.87. The largest absolute Gasteiger partial charge is 0.497 e. The molecule has 0 saturated carbocycles. The van der Waals surface area contributed by atoms with Crippen LogP contribution in [0.5, 0.6) is 5.75 Å². The number of carbonyl (C=O) groups excluding carboxylic acids is 3. The van der Waals surface area contributed by atoms with Gasteiger partial charge in [0.15, 0.2) is 5.78 Å². The molecule has 2 amide bonds. The maximum atomic E-state index is 14.1. The number of Topliss-reactive ketones (excluding diaryl/α,β-unsaturated/α-hetero) is 1. The molecule has 35 heavy (non-hydrogen) atoms. The van der Waals surface area contributed by atoms with Gasteiger partial charge >= 0.3 is 0 Å². The zero-order chi connectivity index (χ0) is 25.3. The quantitative estimate of drug-likeness (QED) is 0.432. The van der Waals surface area contributed by atoms with Crippen LogP contribution in [0, 0.1) is 12.8 Å². The van der Waals surface area contributed by atoms with E-state index in [4.69, 9.17) is 26.8 Å². The lowest BCUT2D eigenvalue weighted by molar-refractivity contribution is -0.142. The molecule has 2 aromatic heterocycles. The van der Waals surface area contributed by atoms with Crippen molar-refractivity contribution in [1.82, 2.24) is 4.90 Å². The third-order valence-corrected chi connectivity index (χ3v) is 8.62. The lowest BCUT2D eigenvalue weighted by Gasteiger charge is -2.30. The summed E-state index contributed by atoms with van der Waals surface area (Å²) in [6, 6.07) is 10.7. The summed E-state index contributed by atoms with van der Waals surface area (Å²) in [5.41, 5.74) is 7.55.